The highest BCUT2D eigenvalue weighted by Gasteiger charge is 2.17. The normalized spacial score (nSPS) is 10.8. The summed E-state index contributed by atoms with van der Waals surface area (Å²) in [6.45, 7) is 0. The Labute approximate surface area is 113 Å². The van der Waals surface area contributed by atoms with Gasteiger partial charge in [-0.2, -0.15) is 0 Å². The maximum atomic E-state index is 12.0. The third-order valence-electron chi connectivity index (χ3n) is 2.99. The fraction of sp³-hybridized carbons (Fsp3) is 0. The van der Waals surface area contributed by atoms with Crippen LogP contribution in [0.4, 0.5) is 0 Å². The van der Waals surface area contributed by atoms with Gasteiger partial charge in [0.15, 0.2) is 16.8 Å². The van der Waals surface area contributed by atoms with Crippen LogP contribution in [0.2, 0.25) is 0 Å². The molecule has 20 heavy (non-hydrogen) atoms. The summed E-state index contributed by atoms with van der Waals surface area (Å²) in [4.78, 5) is 12.0. The Morgan fingerprint density at radius 2 is 1.60 bits per heavy atom. The molecule has 0 atom stereocenters. The zero-order valence-electron chi connectivity index (χ0n) is 10.2. The first-order chi connectivity index (χ1) is 9.58. The molecule has 0 unspecified atom stereocenters. The summed E-state index contributed by atoms with van der Waals surface area (Å²) in [6.07, 6.45) is 0. The monoisotopic (exact) mass is 270 g/mol. The molecule has 0 bridgehead atoms. The van der Waals surface area contributed by atoms with Gasteiger partial charge in [0.1, 0.15) is 16.9 Å². The van der Waals surface area contributed by atoms with Crippen molar-refractivity contribution in [1.29, 1.82) is 0 Å². The summed E-state index contributed by atoms with van der Waals surface area (Å²) < 4.78 is 5.45. The minimum absolute atomic E-state index is 0.167. The smallest absolute Gasteiger partial charge is 0.202 e. The summed E-state index contributed by atoms with van der Waals surface area (Å²) in [5.74, 6) is -1.33. The SMILES string of the molecule is O=c1cc(-c2ccccc2)oc2c(O)c(O)cc(O)c12. The van der Waals surface area contributed by atoms with E-state index in [1.807, 2.05) is 6.07 Å². The van der Waals surface area contributed by atoms with E-state index in [0.29, 0.717) is 5.56 Å². The van der Waals surface area contributed by atoms with Crippen LogP contribution in [-0.4, -0.2) is 15.3 Å². The Bertz CT molecular complexity index is 850. The largest absolute Gasteiger partial charge is 0.507 e. The van der Waals surface area contributed by atoms with Crippen LogP contribution in [0.25, 0.3) is 22.3 Å². The van der Waals surface area contributed by atoms with Gasteiger partial charge in [0.05, 0.1) is 0 Å². The summed E-state index contributed by atoms with van der Waals surface area (Å²) in [6, 6.07) is 11.0. The van der Waals surface area contributed by atoms with Crippen LogP contribution < -0.4 is 5.43 Å². The van der Waals surface area contributed by atoms with E-state index < -0.39 is 22.7 Å². The highest BCUT2D eigenvalue weighted by Crippen LogP contribution is 2.39. The molecule has 3 N–H and O–H groups in total. The van der Waals surface area contributed by atoms with E-state index in [2.05, 4.69) is 0 Å². The summed E-state index contributed by atoms with van der Waals surface area (Å²) in [5.41, 5.74) is -0.0968. The van der Waals surface area contributed by atoms with Crippen LogP contribution in [0.1, 0.15) is 0 Å². The van der Waals surface area contributed by atoms with Gasteiger partial charge in [-0.15, -0.1) is 0 Å². The molecule has 3 rings (SSSR count). The van der Waals surface area contributed by atoms with Gasteiger partial charge >= 0.3 is 0 Å². The van der Waals surface area contributed by atoms with Crippen LogP contribution in [0.15, 0.2) is 51.7 Å². The maximum Gasteiger partial charge on any atom is 0.202 e. The van der Waals surface area contributed by atoms with Gasteiger partial charge in [0.2, 0.25) is 5.75 Å². The molecule has 0 aliphatic heterocycles. The van der Waals surface area contributed by atoms with Crippen LogP contribution in [0, 0.1) is 0 Å². The molecular formula is C15H10O5. The second-order valence-corrected chi connectivity index (χ2v) is 4.31. The second-order valence-electron chi connectivity index (χ2n) is 4.31. The first-order valence-corrected chi connectivity index (χ1v) is 5.85. The Morgan fingerprint density at radius 1 is 0.900 bits per heavy atom. The summed E-state index contributed by atoms with van der Waals surface area (Å²) >= 11 is 0. The molecule has 0 aliphatic carbocycles. The molecule has 100 valence electrons. The standard InChI is InChI=1S/C15H10O5/c16-9-6-11(18)14(19)15-13(9)10(17)7-12(20-15)8-4-2-1-3-5-8/h1-7,16,18-19H. The molecule has 0 radical (unpaired) electrons. The van der Waals surface area contributed by atoms with Crippen molar-refractivity contribution in [3.8, 4) is 28.6 Å². The van der Waals surface area contributed by atoms with Gasteiger partial charge in [0.25, 0.3) is 0 Å². The third-order valence-corrected chi connectivity index (χ3v) is 2.99. The lowest BCUT2D eigenvalue weighted by atomic mass is 10.1. The van der Waals surface area contributed by atoms with Crippen LogP contribution >= 0.6 is 0 Å². The van der Waals surface area contributed by atoms with Crippen molar-refractivity contribution in [2.24, 2.45) is 0 Å². The Balaban J connectivity index is 2.40. The minimum atomic E-state index is -0.576. The third kappa shape index (κ3) is 1.76. The second kappa shape index (κ2) is 4.31. The van der Waals surface area contributed by atoms with E-state index in [9.17, 15) is 20.1 Å². The number of aromatic hydroxyl groups is 3. The Morgan fingerprint density at radius 3 is 2.30 bits per heavy atom. The molecule has 3 aromatic rings. The van der Waals surface area contributed by atoms with Gasteiger partial charge in [0, 0.05) is 17.7 Å². The molecule has 1 aromatic heterocycles. The zero-order valence-corrected chi connectivity index (χ0v) is 10.2. The predicted molar refractivity (Wildman–Crippen MR) is 72.9 cm³/mol. The number of phenols is 3. The maximum absolute atomic E-state index is 12.0. The molecule has 0 fully saturated rings. The molecule has 0 saturated heterocycles. The quantitative estimate of drug-likeness (QED) is 0.467. The number of fused-ring (bicyclic) bond motifs is 1. The lowest BCUT2D eigenvalue weighted by molar-refractivity contribution is 0.394. The number of phenolic OH excluding ortho intramolecular Hbond substituents is 3. The van der Waals surface area contributed by atoms with Crippen molar-refractivity contribution in [2.45, 2.75) is 0 Å². The number of benzene rings is 2. The van der Waals surface area contributed by atoms with Gasteiger partial charge in [-0.3, -0.25) is 4.79 Å². The van der Waals surface area contributed by atoms with E-state index in [1.165, 1.54) is 6.07 Å². The highest BCUT2D eigenvalue weighted by molar-refractivity contribution is 5.91. The molecule has 0 spiro atoms. The molecule has 2 aromatic carbocycles. The molecule has 0 saturated carbocycles. The fourth-order valence-electron chi connectivity index (χ4n) is 2.03. The first kappa shape index (κ1) is 12.1. The Kier molecular flexibility index (Phi) is 2.61. The van der Waals surface area contributed by atoms with Crippen molar-refractivity contribution in [3.05, 3.63) is 52.7 Å². The molecule has 1 heterocycles. The summed E-state index contributed by atoms with van der Waals surface area (Å²) in [5, 5.41) is 28.8. The average molecular weight is 270 g/mol. The van der Waals surface area contributed by atoms with Gasteiger partial charge in [-0.05, 0) is 0 Å². The van der Waals surface area contributed by atoms with Crippen LogP contribution in [0.3, 0.4) is 0 Å². The van der Waals surface area contributed by atoms with Gasteiger partial charge < -0.3 is 19.7 Å². The van der Waals surface area contributed by atoms with E-state index in [1.54, 1.807) is 24.3 Å². The van der Waals surface area contributed by atoms with Crippen molar-refractivity contribution in [1.82, 2.24) is 0 Å². The fourth-order valence-corrected chi connectivity index (χ4v) is 2.03. The minimum Gasteiger partial charge on any atom is -0.507 e. The van der Waals surface area contributed by atoms with Crippen LogP contribution in [-0.2, 0) is 0 Å². The number of rotatable bonds is 1. The zero-order chi connectivity index (χ0) is 14.3. The van der Waals surface area contributed by atoms with Crippen molar-refractivity contribution in [2.75, 3.05) is 0 Å². The molecule has 0 aliphatic rings. The molecule has 5 heteroatoms. The molecule has 0 amide bonds. The number of hydrogen-bond acceptors (Lipinski definition) is 5. The van der Waals surface area contributed by atoms with E-state index in [-0.39, 0.29) is 16.7 Å². The van der Waals surface area contributed by atoms with Crippen molar-refractivity contribution in [3.63, 3.8) is 0 Å². The van der Waals surface area contributed by atoms with Crippen molar-refractivity contribution < 1.29 is 19.7 Å². The van der Waals surface area contributed by atoms with Gasteiger partial charge in [-0.25, -0.2) is 0 Å². The average Bonchev–Trinajstić information content (AvgIpc) is 2.45. The lowest BCUT2D eigenvalue weighted by Crippen LogP contribution is -2.01. The van der Waals surface area contributed by atoms with E-state index in [4.69, 9.17) is 4.42 Å². The number of hydrogen-bond donors (Lipinski definition) is 3. The summed E-state index contributed by atoms with van der Waals surface area (Å²) in [7, 11) is 0. The predicted octanol–water partition coefficient (Wildman–Crippen LogP) is 2.58. The van der Waals surface area contributed by atoms with E-state index >= 15 is 0 Å². The first-order valence-electron chi connectivity index (χ1n) is 5.85. The molecule has 5 nitrogen and oxygen atoms in total. The highest BCUT2D eigenvalue weighted by atomic mass is 16.4. The van der Waals surface area contributed by atoms with Crippen LogP contribution in [0.5, 0.6) is 17.2 Å². The Hall–Kier alpha value is -2.95. The van der Waals surface area contributed by atoms with Crippen molar-refractivity contribution >= 4 is 11.0 Å². The topological polar surface area (TPSA) is 90.9 Å². The van der Waals surface area contributed by atoms with Gasteiger partial charge in [-0.1, -0.05) is 30.3 Å². The van der Waals surface area contributed by atoms with E-state index in [0.717, 1.165) is 6.07 Å². The lowest BCUT2D eigenvalue weighted by Gasteiger charge is -2.07. The molecular weight excluding hydrogens is 260 g/mol.